The summed E-state index contributed by atoms with van der Waals surface area (Å²) in [4.78, 5) is 119. The molecule has 11 N–H and O–H groups in total. The molecule has 8 amide bonds. The van der Waals surface area contributed by atoms with E-state index in [1.54, 1.807) is 30.3 Å². The molecule has 0 saturated carbocycles. The van der Waals surface area contributed by atoms with Crippen LogP contribution < -0.4 is 38.1 Å². The maximum atomic E-state index is 14.2. The summed E-state index contributed by atoms with van der Waals surface area (Å²) in [5.41, 5.74) is 11.4. The SMILES string of the molecule is NC(=O)CC[C@H](NC(=O)[C@@H]1CCCN1)C(=O)N[C@@H](CCC(N)=O)C(=O)N1CCC[C@H]1C(=O)N1CCC[C@H]1C(=O)N[C@@H](Cc1ccccc1)C(=O)N[C@@H](CO)C(=O)O. The van der Waals surface area contributed by atoms with E-state index in [4.69, 9.17) is 11.5 Å². The van der Waals surface area contributed by atoms with Crippen molar-refractivity contribution in [1.82, 2.24) is 36.4 Å². The number of nitrogens with two attached hydrogens (primary N) is 2. The highest BCUT2D eigenvalue weighted by Crippen LogP contribution is 2.26. The first-order chi connectivity index (χ1) is 27.2. The monoisotopic (exact) mass is 799 g/mol. The van der Waals surface area contributed by atoms with Crippen molar-refractivity contribution < 1.29 is 53.4 Å². The second-order valence-corrected chi connectivity index (χ2v) is 14.5. The molecule has 4 rings (SSSR count). The number of aliphatic hydroxyl groups is 1. The van der Waals surface area contributed by atoms with Crippen LogP contribution in [-0.4, -0.2) is 142 Å². The van der Waals surface area contributed by atoms with Gasteiger partial charge in [0.15, 0.2) is 0 Å². The molecule has 1 aromatic carbocycles. The lowest BCUT2D eigenvalue weighted by atomic mass is 10.0. The summed E-state index contributed by atoms with van der Waals surface area (Å²) in [7, 11) is 0. The molecule has 0 aromatic heterocycles. The van der Waals surface area contributed by atoms with E-state index >= 15 is 0 Å². The molecule has 57 heavy (non-hydrogen) atoms. The van der Waals surface area contributed by atoms with Gasteiger partial charge in [-0.25, -0.2) is 4.79 Å². The van der Waals surface area contributed by atoms with Gasteiger partial charge in [0.2, 0.25) is 47.3 Å². The van der Waals surface area contributed by atoms with E-state index in [2.05, 4.69) is 26.6 Å². The average Bonchev–Trinajstić information content (AvgIpc) is 3.99. The topological polar surface area (TPSA) is 313 Å². The number of nitrogens with one attached hydrogen (secondary N) is 5. The molecule has 3 saturated heterocycles. The molecule has 3 fully saturated rings. The van der Waals surface area contributed by atoms with Crippen LogP contribution in [0.3, 0.4) is 0 Å². The van der Waals surface area contributed by atoms with Crippen molar-refractivity contribution in [3.63, 3.8) is 0 Å². The van der Waals surface area contributed by atoms with Crippen molar-refractivity contribution >= 4 is 53.2 Å². The summed E-state index contributed by atoms with van der Waals surface area (Å²) in [6.07, 6.45) is 1.65. The number of carboxylic acids is 1. The first kappa shape index (κ1) is 44.1. The Labute approximate surface area is 329 Å². The van der Waals surface area contributed by atoms with E-state index in [-0.39, 0.29) is 58.0 Å². The minimum Gasteiger partial charge on any atom is -0.480 e. The standard InChI is InChI=1S/C37H53N9O11/c38-29(48)14-12-23(41-31(50)22-9-4-16-40-22)32(51)42-24(13-15-30(39)49)35(54)46-18-6-11-28(46)36(55)45-17-5-10-27(45)34(53)43-25(19-21-7-2-1-3-8-21)33(52)44-26(20-47)37(56)57/h1-3,7-8,22-28,40,47H,4-6,9-20H2,(H2,38,48)(H2,39,49)(H,41,50)(H,42,51)(H,43,53)(H,44,52)(H,56,57)/t22-,23-,24-,25-,26-,27-,28-/m0/s1. The molecule has 3 heterocycles. The number of hydrogen-bond acceptors (Lipinski definition) is 11. The summed E-state index contributed by atoms with van der Waals surface area (Å²) in [5.74, 6) is -6.94. The van der Waals surface area contributed by atoms with Gasteiger partial charge >= 0.3 is 5.97 Å². The molecule has 0 bridgehead atoms. The predicted octanol–water partition coefficient (Wildman–Crippen LogP) is -3.49. The Hall–Kier alpha value is -5.63. The summed E-state index contributed by atoms with van der Waals surface area (Å²) >= 11 is 0. The smallest absolute Gasteiger partial charge is 0.328 e. The summed E-state index contributed by atoms with van der Waals surface area (Å²) in [6, 6.07) is 0.544. The maximum Gasteiger partial charge on any atom is 0.328 e. The number of aliphatic carboxylic acids is 1. The van der Waals surface area contributed by atoms with Crippen LogP contribution in [0.4, 0.5) is 0 Å². The first-order valence-corrected chi connectivity index (χ1v) is 19.2. The highest BCUT2D eigenvalue weighted by atomic mass is 16.4. The molecule has 3 aliphatic heterocycles. The van der Waals surface area contributed by atoms with E-state index in [9.17, 15) is 53.4 Å². The van der Waals surface area contributed by atoms with Crippen LogP contribution in [0.15, 0.2) is 30.3 Å². The van der Waals surface area contributed by atoms with Crippen LogP contribution in [0.2, 0.25) is 0 Å². The number of hydrogen-bond donors (Lipinski definition) is 9. The lowest BCUT2D eigenvalue weighted by molar-refractivity contribution is -0.148. The fourth-order valence-electron chi connectivity index (χ4n) is 7.32. The third-order valence-electron chi connectivity index (χ3n) is 10.4. The molecule has 1 aromatic rings. The zero-order chi connectivity index (χ0) is 41.6. The largest absolute Gasteiger partial charge is 0.480 e. The van der Waals surface area contributed by atoms with Crippen LogP contribution in [-0.2, 0) is 49.6 Å². The second-order valence-electron chi connectivity index (χ2n) is 14.5. The summed E-state index contributed by atoms with van der Waals surface area (Å²) < 4.78 is 0. The fraction of sp³-hybridized carbons (Fsp3) is 0.595. The zero-order valence-corrected chi connectivity index (χ0v) is 31.7. The van der Waals surface area contributed by atoms with Gasteiger partial charge in [0.25, 0.3) is 0 Å². The quantitative estimate of drug-likeness (QED) is 0.0621. The van der Waals surface area contributed by atoms with Crippen molar-refractivity contribution in [3.8, 4) is 0 Å². The number of carboxylic acid groups (broad SMARTS) is 1. The van der Waals surface area contributed by atoms with Gasteiger partial charge in [0.05, 0.1) is 12.6 Å². The Morgan fingerprint density at radius 1 is 0.702 bits per heavy atom. The van der Waals surface area contributed by atoms with Gasteiger partial charge in [-0.3, -0.25) is 38.4 Å². The van der Waals surface area contributed by atoms with E-state index in [1.807, 2.05) is 0 Å². The number of carbonyl (C=O) groups excluding carboxylic acids is 8. The van der Waals surface area contributed by atoms with Crippen LogP contribution in [0.25, 0.3) is 0 Å². The highest BCUT2D eigenvalue weighted by Gasteiger charge is 2.44. The molecular formula is C37H53N9O11. The minimum atomic E-state index is -1.62. The van der Waals surface area contributed by atoms with E-state index < -0.39 is 102 Å². The second kappa shape index (κ2) is 21.1. The molecule has 20 nitrogen and oxygen atoms in total. The molecule has 0 unspecified atom stereocenters. The van der Waals surface area contributed by atoms with E-state index in [1.165, 1.54) is 9.80 Å². The van der Waals surface area contributed by atoms with Gasteiger partial charge in [-0.05, 0) is 63.5 Å². The van der Waals surface area contributed by atoms with Gasteiger partial charge in [-0.2, -0.15) is 0 Å². The number of rotatable bonds is 20. The Balaban J connectivity index is 1.49. The van der Waals surface area contributed by atoms with Crippen molar-refractivity contribution in [2.75, 3.05) is 26.2 Å². The maximum absolute atomic E-state index is 14.2. The van der Waals surface area contributed by atoms with E-state index in [0.717, 1.165) is 6.42 Å². The highest BCUT2D eigenvalue weighted by molar-refractivity contribution is 5.98. The lowest BCUT2D eigenvalue weighted by Gasteiger charge is -2.33. The number of carbonyl (C=O) groups is 9. The number of benzene rings is 1. The summed E-state index contributed by atoms with van der Waals surface area (Å²) in [5, 5.41) is 32.0. The number of primary amides is 2. The number of aliphatic hydroxyl groups excluding tert-OH is 1. The molecule has 0 aliphatic carbocycles. The minimum absolute atomic E-state index is 0.0231. The third kappa shape index (κ3) is 12.4. The van der Waals surface area contributed by atoms with Crippen LogP contribution >= 0.6 is 0 Å². The van der Waals surface area contributed by atoms with Crippen molar-refractivity contribution in [2.24, 2.45) is 11.5 Å². The fourth-order valence-corrected chi connectivity index (χ4v) is 7.32. The molecule has 20 heteroatoms. The number of nitrogens with zero attached hydrogens (tertiary/aromatic N) is 2. The van der Waals surface area contributed by atoms with Gasteiger partial charge < -0.3 is 58.1 Å². The van der Waals surface area contributed by atoms with E-state index in [0.29, 0.717) is 31.4 Å². The lowest BCUT2D eigenvalue weighted by Crippen LogP contribution is -2.59. The molecule has 3 aliphatic rings. The molecule has 312 valence electrons. The van der Waals surface area contributed by atoms with Crippen molar-refractivity contribution in [2.45, 2.75) is 113 Å². The normalized spacial score (nSPS) is 21.1. The number of amides is 8. The van der Waals surface area contributed by atoms with Crippen LogP contribution in [0.5, 0.6) is 0 Å². The third-order valence-corrected chi connectivity index (χ3v) is 10.4. The van der Waals surface area contributed by atoms with Gasteiger partial charge in [0.1, 0.15) is 36.3 Å². The Morgan fingerprint density at radius 2 is 1.28 bits per heavy atom. The van der Waals surface area contributed by atoms with Crippen molar-refractivity contribution in [3.05, 3.63) is 35.9 Å². The number of likely N-dealkylation sites (tertiary alicyclic amines) is 2. The molecule has 7 atom stereocenters. The molecular weight excluding hydrogens is 746 g/mol. The van der Waals surface area contributed by atoms with Crippen LogP contribution in [0.1, 0.15) is 69.8 Å². The Morgan fingerprint density at radius 3 is 1.88 bits per heavy atom. The van der Waals surface area contributed by atoms with Crippen LogP contribution in [0, 0.1) is 0 Å². The summed E-state index contributed by atoms with van der Waals surface area (Å²) in [6.45, 7) is 0.0135. The zero-order valence-electron chi connectivity index (χ0n) is 31.7. The average molecular weight is 800 g/mol. The van der Waals surface area contributed by atoms with Crippen molar-refractivity contribution in [1.29, 1.82) is 0 Å². The van der Waals surface area contributed by atoms with Gasteiger partial charge in [0, 0.05) is 32.4 Å². The Kier molecular flexibility index (Phi) is 16.3. The first-order valence-electron chi connectivity index (χ1n) is 19.2. The van der Waals surface area contributed by atoms with Gasteiger partial charge in [-0.15, -0.1) is 0 Å². The Bertz CT molecular complexity index is 1660. The van der Waals surface area contributed by atoms with Gasteiger partial charge in [-0.1, -0.05) is 30.3 Å². The predicted molar refractivity (Wildman–Crippen MR) is 200 cm³/mol. The molecule has 0 radical (unpaired) electrons. The molecule has 0 spiro atoms.